The number of anilines is 4. The average Bonchev–Trinajstić information content (AvgIpc) is 3.91. The van der Waals surface area contributed by atoms with E-state index in [9.17, 15) is 18.0 Å². The number of hydrogen-bond acceptors (Lipinski definition) is 15. The van der Waals surface area contributed by atoms with E-state index in [2.05, 4.69) is 46.8 Å². The van der Waals surface area contributed by atoms with Crippen molar-refractivity contribution < 1.29 is 27.7 Å². The second-order valence-electron chi connectivity index (χ2n) is 14.8. The number of nitrogens with one attached hydrogen (secondary N) is 2. The van der Waals surface area contributed by atoms with Gasteiger partial charge in [0.25, 0.3) is 10.1 Å². The Hall–Kier alpha value is -8.17. The molecule has 3 aromatic carbocycles. The number of nitrogens with two attached hydrogens (primary N) is 1. The molecule has 4 aromatic heterocycles. The van der Waals surface area contributed by atoms with Crippen molar-refractivity contribution in [3.8, 4) is 34.7 Å². The van der Waals surface area contributed by atoms with Crippen molar-refractivity contribution in [2.45, 2.75) is 52.0 Å². The zero-order valence-corrected chi connectivity index (χ0v) is 38.1. The minimum Gasteiger partial charge on any atom is -0.478 e. The van der Waals surface area contributed by atoms with E-state index < -0.39 is 16.1 Å². The van der Waals surface area contributed by atoms with Crippen molar-refractivity contribution in [3.63, 3.8) is 0 Å². The summed E-state index contributed by atoms with van der Waals surface area (Å²) in [4.78, 5) is 40.7. The quantitative estimate of drug-likeness (QED) is 0.0624. The molecule has 6 N–H and O–H groups in total. The molecule has 7 rings (SSSR count). The third-order valence-corrected chi connectivity index (χ3v) is 9.85. The summed E-state index contributed by atoms with van der Waals surface area (Å²) in [5.74, 6) is -0.335. The molecule has 0 aliphatic rings. The van der Waals surface area contributed by atoms with Gasteiger partial charge in [0, 0.05) is 62.0 Å². The van der Waals surface area contributed by atoms with Crippen LogP contribution in [0.1, 0.15) is 57.7 Å². The molecular formula is C46H49N13O6S. The van der Waals surface area contributed by atoms with E-state index in [0.717, 1.165) is 50.6 Å². The van der Waals surface area contributed by atoms with Crippen LogP contribution in [0.5, 0.6) is 0 Å². The second kappa shape index (κ2) is 23.5. The summed E-state index contributed by atoms with van der Waals surface area (Å²) in [6.45, 7) is 9.08. The first-order valence-electron chi connectivity index (χ1n) is 20.0. The Labute approximate surface area is 382 Å². The highest BCUT2D eigenvalue weighted by Gasteiger charge is 2.14. The maximum absolute atomic E-state index is 12.2. The van der Waals surface area contributed by atoms with Crippen LogP contribution in [0, 0.1) is 49.4 Å². The number of nitrogens with zero attached hydrogens (tertiary/aromatic N) is 10. The fourth-order valence-corrected chi connectivity index (χ4v) is 6.04. The molecule has 0 radical (unpaired) electrons. The molecule has 0 saturated heterocycles. The minimum atomic E-state index is -4.02. The number of aryl methyl sites for hydroxylation is 5. The summed E-state index contributed by atoms with van der Waals surface area (Å²) >= 11 is 0. The number of aromatic carboxylic acids is 1. The van der Waals surface area contributed by atoms with Crippen molar-refractivity contribution in [1.82, 2.24) is 39.5 Å². The number of ketones is 1. The largest absolute Gasteiger partial charge is 0.478 e. The molecule has 340 valence electrons. The average molecular weight is 912 g/mol. The van der Waals surface area contributed by atoms with E-state index in [0.29, 0.717) is 17.5 Å². The summed E-state index contributed by atoms with van der Waals surface area (Å²) in [6.07, 6.45) is 10.8. The van der Waals surface area contributed by atoms with E-state index in [1.807, 2.05) is 59.4 Å². The highest BCUT2D eigenvalue weighted by molar-refractivity contribution is 7.85. The van der Waals surface area contributed by atoms with E-state index >= 15 is 0 Å². The molecule has 66 heavy (non-hydrogen) atoms. The van der Waals surface area contributed by atoms with Crippen LogP contribution in [-0.2, 0) is 24.2 Å². The van der Waals surface area contributed by atoms with Crippen LogP contribution in [0.3, 0.4) is 0 Å². The Morgan fingerprint density at radius 1 is 0.712 bits per heavy atom. The molecule has 20 heteroatoms. The molecule has 7 aromatic rings. The summed E-state index contributed by atoms with van der Waals surface area (Å²) in [5.41, 5.74) is 13.5. The lowest BCUT2D eigenvalue weighted by Gasteiger charge is -2.09. The molecule has 19 nitrogen and oxygen atoms in total. The SMILES string of the molecule is C[C@H](N)C#N.Cc1ccc(S(=O)(=O)O)cc1.Cc1cnc(Nc2cnn(C)c2)nc1-c1ccc(C(=O)C[C@@H](C)C#N)cc1.Cc1cnc(Nc2cnn(C)c2)nc1-c1ccc(C(=O)O)cc1. The fraction of sp³-hybridized carbons (Fsp3) is 0.217. The molecule has 0 fully saturated rings. The van der Waals surface area contributed by atoms with Gasteiger partial charge in [-0.1, -0.05) is 54.1 Å². The number of carboxylic acid groups (broad SMARTS) is 1. The molecule has 0 saturated carbocycles. The summed E-state index contributed by atoms with van der Waals surface area (Å²) < 4.78 is 32.9. The maximum atomic E-state index is 12.2. The molecule has 0 unspecified atom stereocenters. The van der Waals surface area contributed by atoms with Crippen LogP contribution in [0.4, 0.5) is 23.3 Å². The number of carboxylic acids is 1. The lowest BCUT2D eigenvalue weighted by molar-refractivity contribution is 0.0696. The van der Waals surface area contributed by atoms with Gasteiger partial charge in [-0.25, -0.2) is 24.7 Å². The molecule has 0 spiro atoms. The second-order valence-corrected chi connectivity index (χ2v) is 16.3. The summed E-state index contributed by atoms with van der Waals surface area (Å²) in [6, 6.07) is 23.5. The predicted octanol–water partition coefficient (Wildman–Crippen LogP) is 7.39. The van der Waals surface area contributed by atoms with Gasteiger partial charge in [-0.05, 0) is 70.0 Å². The van der Waals surface area contributed by atoms with Gasteiger partial charge in [0.1, 0.15) is 0 Å². The van der Waals surface area contributed by atoms with E-state index in [1.165, 1.54) is 12.1 Å². The van der Waals surface area contributed by atoms with Gasteiger partial charge < -0.3 is 21.5 Å². The molecule has 0 bridgehead atoms. The first-order valence-corrected chi connectivity index (χ1v) is 21.4. The Kier molecular flexibility index (Phi) is 18.0. The monoisotopic (exact) mass is 911 g/mol. The van der Waals surface area contributed by atoms with E-state index in [4.69, 9.17) is 25.9 Å². The van der Waals surface area contributed by atoms with Crippen LogP contribution >= 0.6 is 0 Å². The summed E-state index contributed by atoms with van der Waals surface area (Å²) in [5, 5.41) is 40.0. The highest BCUT2D eigenvalue weighted by atomic mass is 32.2. The number of aromatic nitrogens is 8. The fourth-order valence-electron chi connectivity index (χ4n) is 5.56. The number of hydrogen-bond donors (Lipinski definition) is 5. The van der Waals surface area contributed by atoms with Gasteiger partial charge >= 0.3 is 5.97 Å². The van der Waals surface area contributed by atoms with Crippen LogP contribution in [0.25, 0.3) is 22.5 Å². The van der Waals surface area contributed by atoms with Crippen molar-refractivity contribution in [3.05, 3.63) is 138 Å². The minimum absolute atomic E-state index is 0.0334. The van der Waals surface area contributed by atoms with Gasteiger partial charge in [0.15, 0.2) is 5.78 Å². The number of Topliss-reactive ketones (excluding diaryl/α,β-unsaturated/α-hetero) is 1. The van der Waals surface area contributed by atoms with Crippen molar-refractivity contribution >= 4 is 45.1 Å². The predicted molar refractivity (Wildman–Crippen MR) is 248 cm³/mol. The van der Waals surface area contributed by atoms with Crippen LogP contribution in [-0.4, -0.2) is 75.4 Å². The summed E-state index contributed by atoms with van der Waals surface area (Å²) in [7, 11) is -0.350. The number of carbonyl (C=O) groups excluding carboxylic acids is 1. The third-order valence-electron chi connectivity index (χ3n) is 8.99. The third kappa shape index (κ3) is 15.6. The topological polar surface area (TPSA) is 294 Å². The Morgan fingerprint density at radius 2 is 1.14 bits per heavy atom. The molecule has 0 aliphatic carbocycles. The van der Waals surface area contributed by atoms with Crippen molar-refractivity contribution in [2.24, 2.45) is 25.7 Å². The number of nitriles is 2. The maximum Gasteiger partial charge on any atom is 0.335 e. The van der Waals surface area contributed by atoms with Gasteiger partial charge in [-0.15, -0.1) is 0 Å². The number of benzene rings is 3. The molecule has 4 heterocycles. The van der Waals surface area contributed by atoms with Crippen molar-refractivity contribution in [2.75, 3.05) is 10.6 Å². The zero-order valence-electron chi connectivity index (χ0n) is 37.2. The van der Waals surface area contributed by atoms with Crippen LogP contribution < -0.4 is 16.4 Å². The van der Waals surface area contributed by atoms with Crippen LogP contribution in [0.2, 0.25) is 0 Å². The van der Waals surface area contributed by atoms with Gasteiger partial charge in [0.05, 0.1) is 69.7 Å². The van der Waals surface area contributed by atoms with Gasteiger partial charge in [-0.2, -0.15) is 29.1 Å². The zero-order chi connectivity index (χ0) is 48.6. The number of carbonyl (C=O) groups is 2. The normalized spacial score (nSPS) is 11.3. The molecule has 0 amide bonds. The molecule has 0 aliphatic heterocycles. The Morgan fingerprint density at radius 3 is 1.48 bits per heavy atom. The number of rotatable bonds is 11. The smallest absolute Gasteiger partial charge is 0.335 e. The van der Waals surface area contributed by atoms with Crippen molar-refractivity contribution in [1.29, 1.82) is 10.5 Å². The standard InChI is InChI=1S/C20H20N6O.C16H15N5O2.C7H8O3S.C3H6N2/c1-13(9-21)8-18(27)15-4-6-16(7-5-15)19-14(2)10-22-20(25-19)24-17-11-23-26(3)12-17;1-10-7-17-16(19-13-8-18-21(2)9-13)20-14(10)11-3-5-12(6-4-11)15(22)23;1-6-2-4-7(5-3-6)11(8,9)10;1-3(5)2-4/h4-7,10-13H,8H2,1-3H3,(H,22,24,25);3-9H,1-2H3,(H,22,23)(H,17,19,20);2-5H,1H3,(H,8,9,10);3H,5H2,1H3/t13-;;;3-/m1..0/s1. The molecule has 2 atom stereocenters. The van der Waals surface area contributed by atoms with E-state index in [-0.39, 0.29) is 34.6 Å². The van der Waals surface area contributed by atoms with Gasteiger partial charge in [0.2, 0.25) is 11.9 Å². The Bertz CT molecular complexity index is 2940. The first-order chi connectivity index (χ1) is 31.3. The molecular weight excluding hydrogens is 863 g/mol. The lowest BCUT2D eigenvalue weighted by Crippen LogP contribution is -2.09. The highest BCUT2D eigenvalue weighted by Crippen LogP contribution is 2.25. The van der Waals surface area contributed by atoms with Crippen LogP contribution in [0.15, 0.2) is 115 Å². The first kappa shape index (κ1) is 50.5. The lowest BCUT2D eigenvalue weighted by atomic mass is 9.99. The Balaban J connectivity index is 0.000000219. The van der Waals surface area contributed by atoms with E-state index in [1.54, 1.807) is 103 Å². The van der Waals surface area contributed by atoms with Gasteiger partial charge in [-0.3, -0.25) is 18.7 Å².